The first-order chi connectivity index (χ1) is 13.2. The van der Waals surface area contributed by atoms with Crippen LogP contribution in [0.25, 0.3) is 16.8 Å². The lowest BCUT2D eigenvalue weighted by Crippen LogP contribution is -2.17. The highest BCUT2D eigenvalue weighted by molar-refractivity contribution is 5.88. The van der Waals surface area contributed by atoms with Gasteiger partial charge in [-0.2, -0.15) is 0 Å². The second kappa shape index (κ2) is 7.06. The summed E-state index contributed by atoms with van der Waals surface area (Å²) < 4.78 is 43.6. The maximum absolute atomic E-state index is 12.7. The van der Waals surface area contributed by atoms with Crippen molar-refractivity contribution in [3.63, 3.8) is 0 Å². The van der Waals surface area contributed by atoms with Gasteiger partial charge in [0, 0.05) is 35.7 Å². The van der Waals surface area contributed by atoms with Crippen LogP contribution in [0.4, 0.5) is 18.9 Å². The van der Waals surface area contributed by atoms with E-state index in [1.807, 2.05) is 0 Å². The molecule has 0 saturated heterocycles. The number of para-hydroxylation sites is 1. The molecule has 10 heteroatoms. The van der Waals surface area contributed by atoms with E-state index in [1.165, 1.54) is 47.3 Å². The summed E-state index contributed by atoms with van der Waals surface area (Å²) >= 11 is 0. The van der Waals surface area contributed by atoms with Gasteiger partial charge in [-0.25, -0.2) is 4.79 Å². The topological polar surface area (TPSA) is 94.6 Å². The number of non-ortho nitro benzene ring substituents is 1. The molecule has 0 spiro atoms. The average Bonchev–Trinajstić information content (AvgIpc) is 3.10. The number of carbonyl (C=O) groups is 1. The molecule has 1 N–H and O–H groups in total. The SMILES string of the molecule is O=C(O)c1ccn(-c2cc([N+](=O)[O-])ccc2-c2ccccc2OC(F)(F)F)c1. The standard InChI is InChI=1S/C18H11F3N2O5/c19-18(20,21)28-16-4-2-1-3-14(16)13-6-5-12(23(26)27)9-15(13)22-8-7-11(10-22)17(24)25/h1-10H,(H,24,25). The summed E-state index contributed by atoms with van der Waals surface area (Å²) in [6.45, 7) is 0. The van der Waals surface area contributed by atoms with E-state index in [0.29, 0.717) is 0 Å². The highest BCUT2D eigenvalue weighted by atomic mass is 19.4. The first kappa shape index (κ1) is 19.0. The first-order valence-corrected chi connectivity index (χ1v) is 7.71. The fourth-order valence-corrected chi connectivity index (χ4v) is 2.65. The van der Waals surface area contributed by atoms with E-state index in [1.54, 1.807) is 0 Å². The molecule has 7 nitrogen and oxygen atoms in total. The van der Waals surface area contributed by atoms with Crippen molar-refractivity contribution in [3.8, 4) is 22.6 Å². The van der Waals surface area contributed by atoms with Crippen molar-refractivity contribution in [2.24, 2.45) is 0 Å². The van der Waals surface area contributed by atoms with Crippen molar-refractivity contribution in [3.05, 3.63) is 76.6 Å². The number of nitro groups is 1. The van der Waals surface area contributed by atoms with Crippen LogP contribution >= 0.6 is 0 Å². The Labute approximate surface area is 155 Å². The van der Waals surface area contributed by atoms with Gasteiger partial charge in [0.1, 0.15) is 5.75 Å². The predicted molar refractivity (Wildman–Crippen MR) is 91.5 cm³/mol. The van der Waals surface area contributed by atoms with Crippen LogP contribution in [0, 0.1) is 10.1 Å². The largest absolute Gasteiger partial charge is 0.573 e. The Hall–Kier alpha value is -3.82. The third-order valence-corrected chi connectivity index (χ3v) is 3.81. The molecule has 0 radical (unpaired) electrons. The fourth-order valence-electron chi connectivity index (χ4n) is 2.65. The van der Waals surface area contributed by atoms with Crippen molar-refractivity contribution in [2.75, 3.05) is 0 Å². The number of alkyl halides is 3. The summed E-state index contributed by atoms with van der Waals surface area (Å²) in [7, 11) is 0. The monoisotopic (exact) mass is 392 g/mol. The van der Waals surface area contributed by atoms with Gasteiger partial charge in [0.25, 0.3) is 5.69 Å². The fraction of sp³-hybridized carbons (Fsp3) is 0.0556. The summed E-state index contributed by atoms with van der Waals surface area (Å²) in [5.74, 6) is -1.71. The third-order valence-electron chi connectivity index (χ3n) is 3.81. The normalized spacial score (nSPS) is 11.2. The second-order valence-corrected chi connectivity index (χ2v) is 5.62. The maximum atomic E-state index is 12.7. The molecule has 0 unspecified atom stereocenters. The highest BCUT2D eigenvalue weighted by Crippen LogP contribution is 2.38. The predicted octanol–water partition coefficient (Wildman–Crippen LogP) is 4.65. The van der Waals surface area contributed by atoms with Crippen LogP contribution in [-0.2, 0) is 0 Å². The van der Waals surface area contributed by atoms with Crippen LogP contribution in [0.2, 0.25) is 0 Å². The van der Waals surface area contributed by atoms with Crippen LogP contribution in [0.15, 0.2) is 60.9 Å². The van der Waals surface area contributed by atoms with E-state index in [-0.39, 0.29) is 28.1 Å². The number of ether oxygens (including phenoxy) is 1. The number of carboxylic acids is 1. The maximum Gasteiger partial charge on any atom is 0.573 e. The molecule has 2 aromatic carbocycles. The molecule has 1 aromatic heterocycles. The molecular formula is C18H11F3N2O5. The van der Waals surface area contributed by atoms with Crippen LogP contribution in [0.5, 0.6) is 5.75 Å². The van der Waals surface area contributed by atoms with E-state index in [0.717, 1.165) is 18.2 Å². The zero-order valence-corrected chi connectivity index (χ0v) is 13.9. The summed E-state index contributed by atoms with van der Waals surface area (Å²) in [6.07, 6.45) is -2.38. The Morgan fingerprint density at radius 3 is 2.43 bits per heavy atom. The minimum Gasteiger partial charge on any atom is -0.478 e. The number of hydrogen-bond donors (Lipinski definition) is 1. The van der Waals surface area contributed by atoms with Crippen LogP contribution in [-0.4, -0.2) is 26.9 Å². The van der Waals surface area contributed by atoms with Crippen molar-refractivity contribution in [1.82, 2.24) is 4.57 Å². The molecule has 0 fully saturated rings. The summed E-state index contributed by atoms with van der Waals surface area (Å²) in [5.41, 5.74) is -0.0379. The van der Waals surface area contributed by atoms with E-state index >= 15 is 0 Å². The number of aromatic nitrogens is 1. The molecule has 0 amide bonds. The smallest absolute Gasteiger partial charge is 0.478 e. The minimum absolute atomic E-state index is 0.0373. The van der Waals surface area contributed by atoms with E-state index in [2.05, 4.69) is 4.74 Å². The van der Waals surface area contributed by atoms with Gasteiger partial charge in [-0.3, -0.25) is 10.1 Å². The van der Waals surface area contributed by atoms with Crippen molar-refractivity contribution >= 4 is 11.7 Å². The number of nitro benzene ring substituents is 1. The molecule has 0 atom stereocenters. The lowest BCUT2D eigenvalue weighted by molar-refractivity contribution is -0.384. The lowest BCUT2D eigenvalue weighted by Gasteiger charge is -2.16. The molecule has 3 rings (SSSR count). The third kappa shape index (κ3) is 3.95. The van der Waals surface area contributed by atoms with E-state index in [4.69, 9.17) is 5.11 Å². The Bertz CT molecular complexity index is 1060. The van der Waals surface area contributed by atoms with Gasteiger partial charge in [-0.05, 0) is 18.2 Å². The lowest BCUT2D eigenvalue weighted by atomic mass is 10.0. The zero-order chi connectivity index (χ0) is 20.5. The molecule has 28 heavy (non-hydrogen) atoms. The van der Waals surface area contributed by atoms with Crippen LogP contribution < -0.4 is 4.74 Å². The molecule has 3 aromatic rings. The number of nitrogens with zero attached hydrogens (tertiary/aromatic N) is 2. The number of halogens is 3. The average molecular weight is 392 g/mol. The number of aromatic carboxylic acids is 1. The Balaban J connectivity index is 2.22. The van der Waals surface area contributed by atoms with Gasteiger partial charge in [0.2, 0.25) is 0 Å². The van der Waals surface area contributed by atoms with Crippen molar-refractivity contribution in [2.45, 2.75) is 6.36 Å². The van der Waals surface area contributed by atoms with Gasteiger partial charge >= 0.3 is 12.3 Å². The van der Waals surface area contributed by atoms with Crippen molar-refractivity contribution < 1.29 is 32.7 Å². The van der Waals surface area contributed by atoms with Gasteiger partial charge in [-0.15, -0.1) is 13.2 Å². The first-order valence-electron chi connectivity index (χ1n) is 7.71. The van der Waals surface area contributed by atoms with Gasteiger partial charge in [0.05, 0.1) is 16.2 Å². The Morgan fingerprint density at radius 1 is 1.11 bits per heavy atom. The number of rotatable bonds is 5. The zero-order valence-electron chi connectivity index (χ0n) is 13.9. The number of hydrogen-bond acceptors (Lipinski definition) is 4. The highest BCUT2D eigenvalue weighted by Gasteiger charge is 2.32. The molecule has 0 bridgehead atoms. The Morgan fingerprint density at radius 2 is 1.82 bits per heavy atom. The minimum atomic E-state index is -4.93. The number of benzene rings is 2. The van der Waals surface area contributed by atoms with Gasteiger partial charge < -0.3 is 14.4 Å². The molecule has 1 heterocycles. The van der Waals surface area contributed by atoms with Gasteiger partial charge in [0.15, 0.2) is 0 Å². The molecule has 144 valence electrons. The van der Waals surface area contributed by atoms with Crippen LogP contribution in [0.3, 0.4) is 0 Å². The Kier molecular flexibility index (Phi) is 4.78. The molecule has 0 aliphatic heterocycles. The molecule has 0 saturated carbocycles. The number of carboxylic acid groups (broad SMARTS) is 1. The van der Waals surface area contributed by atoms with E-state index < -0.39 is 23.0 Å². The second-order valence-electron chi connectivity index (χ2n) is 5.62. The van der Waals surface area contributed by atoms with E-state index in [9.17, 15) is 28.1 Å². The molecule has 0 aliphatic carbocycles. The van der Waals surface area contributed by atoms with Crippen LogP contribution in [0.1, 0.15) is 10.4 Å². The quantitative estimate of drug-likeness (QED) is 0.504. The van der Waals surface area contributed by atoms with Gasteiger partial charge in [-0.1, -0.05) is 18.2 Å². The summed E-state index contributed by atoms with van der Waals surface area (Å²) in [4.78, 5) is 21.6. The van der Waals surface area contributed by atoms with Crippen molar-refractivity contribution in [1.29, 1.82) is 0 Å². The summed E-state index contributed by atoms with van der Waals surface area (Å²) in [5, 5.41) is 20.2. The molecule has 0 aliphatic rings. The molecular weight excluding hydrogens is 381 g/mol. The summed E-state index contributed by atoms with van der Waals surface area (Å²) in [6, 6.07) is 10.2.